The number of carbonyl (C=O) groups excluding carboxylic acids is 1. The van der Waals surface area contributed by atoms with Crippen molar-refractivity contribution < 1.29 is 4.79 Å². The molecule has 0 radical (unpaired) electrons. The lowest BCUT2D eigenvalue weighted by atomic mass is 10.2. The van der Waals surface area contributed by atoms with Crippen LogP contribution in [0.3, 0.4) is 0 Å². The van der Waals surface area contributed by atoms with E-state index >= 15 is 0 Å². The molecule has 2 aromatic heterocycles. The first kappa shape index (κ1) is 13.3. The zero-order valence-corrected chi connectivity index (χ0v) is 12.4. The molecule has 0 saturated carbocycles. The number of hydrogen-bond donors (Lipinski definition) is 1. The van der Waals surface area contributed by atoms with Crippen LogP contribution >= 0.6 is 11.3 Å². The van der Waals surface area contributed by atoms with Crippen LogP contribution in [0.1, 0.15) is 20.9 Å². The van der Waals surface area contributed by atoms with Crippen molar-refractivity contribution in [3.63, 3.8) is 0 Å². The number of nitriles is 1. The summed E-state index contributed by atoms with van der Waals surface area (Å²) < 4.78 is 1.78. The van der Waals surface area contributed by atoms with E-state index in [-0.39, 0.29) is 5.91 Å². The second kappa shape index (κ2) is 5.04. The normalized spacial score (nSPS) is 10.5. The van der Waals surface area contributed by atoms with Gasteiger partial charge in [-0.25, -0.2) is 0 Å². The highest BCUT2D eigenvalue weighted by Crippen LogP contribution is 2.28. The number of rotatable bonds is 2. The zero-order valence-electron chi connectivity index (χ0n) is 11.5. The fraction of sp³-hybridized carbons (Fsp3) is 0.133. The number of nitrogens with one attached hydrogen (secondary N) is 1. The molecular formula is C15H12N4OS. The van der Waals surface area contributed by atoms with Gasteiger partial charge in [0.05, 0.1) is 22.2 Å². The van der Waals surface area contributed by atoms with Crippen LogP contribution in [0.2, 0.25) is 0 Å². The molecule has 0 fully saturated rings. The molecule has 0 unspecified atom stereocenters. The van der Waals surface area contributed by atoms with Gasteiger partial charge in [0.2, 0.25) is 0 Å². The largest absolute Gasteiger partial charge is 0.321 e. The molecule has 0 spiro atoms. The molecule has 0 atom stereocenters. The van der Waals surface area contributed by atoms with Crippen molar-refractivity contribution in [2.75, 3.05) is 5.32 Å². The van der Waals surface area contributed by atoms with Gasteiger partial charge >= 0.3 is 0 Å². The van der Waals surface area contributed by atoms with Crippen molar-refractivity contribution in [1.82, 2.24) is 9.78 Å². The number of thiophene rings is 1. The van der Waals surface area contributed by atoms with Gasteiger partial charge in [0.15, 0.2) is 0 Å². The Morgan fingerprint density at radius 1 is 1.43 bits per heavy atom. The Hall–Kier alpha value is -2.65. The molecule has 21 heavy (non-hydrogen) atoms. The average Bonchev–Trinajstić information content (AvgIpc) is 3.02. The number of amides is 1. The Morgan fingerprint density at radius 2 is 2.24 bits per heavy atom. The summed E-state index contributed by atoms with van der Waals surface area (Å²) in [5, 5.41) is 17.0. The van der Waals surface area contributed by atoms with Gasteiger partial charge in [-0.2, -0.15) is 10.4 Å². The van der Waals surface area contributed by atoms with E-state index in [1.165, 1.54) is 11.3 Å². The summed E-state index contributed by atoms with van der Waals surface area (Å²) in [6, 6.07) is 10.8. The highest BCUT2D eigenvalue weighted by atomic mass is 32.1. The Kier molecular flexibility index (Phi) is 3.20. The smallest absolute Gasteiger partial charge is 0.265 e. The molecule has 6 heteroatoms. The molecular weight excluding hydrogens is 284 g/mol. The molecule has 0 aliphatic heterocycles. The van der Waals surface area contributed by atoms with Crippen molar-refractivity contribution in [3.05, 3.63) is 46.5 Å². The number of aromatic nitrogens is 2. The minimum Gasteiger partial charge on any atom is -0.321 e. The van der Waals surface area contributed by atoms with Crippen LogP contribution < -0.4 is 5.32 Å². The van der Waals surface area contributed by atoms with Gasteiger partial charge in [0.25, 0.3) is 5.91 Å². The Morgan fingerprint density at radius 3 is 2.95 bits per heavy atom. The number of benzene rings is 1. The van der Waals surface area contributed by atoms with E-state index < -0.39 is 0 Å². The zero-order chi connectivity index (χ0) is 15.0. The van der Waals surface area contributed by atoms with Crippen molar-refractivity contribution in [2.24, 2.45) is 7.05 Å². The molecule has 0 aliphatic rings. The Balaban J connectivity index is 1.90. The first-order valence-corrected chi connectivity index (χ1v) is 7.15. The molecule has 0 aliphatic carbocycles. The van der Waals surface area contributed by atoms with Gasteiger partial charge in [-0.15, -0.1) is 11.3 Å². The van der Waals surface area contributed by atoms with E-state index in [4.69, 9.17) is 5.26 Å². The summed E-state index contributed by atoms with van der Waals surface area (Å²) in [5.41, 5.74) is 2.05. The van der Waals surface area contributed by atoms with Gasteiger partial charge in [-0.1, -0.05) is 6.07 Å². The lowest BCUT2D eigenvalue weighted by Gasteiger charge is -2.03. The number of carbonyl (C=O) groups is 1. The topological polar surface area (TPSA) is 70.7 Å². The summed E-state index contributed by atoms with van der Waals surface area (Å²) in [6.07, 6.45) is 0. The van der Waals surface area contributed by atoms with Crippen molar-refractivity contribution in [3.8, 4) is 6.07 Å². The number of nitrogens with zero attached hydrogens (tertiary/aromatic N) is 3. The van der Waals surface area contributed by atoms with E-state index in [0.717, 1.165) is 15.9 Å². The first-order valence-electron chi connectivity index (χ1n) is 6.33. The third kappa shape index (κ3) is 2.39. The predicted molar refractivity (Wildman–Crippen MR) is 82.4 cm³/mol. The lowest BCUT2D eigenvalue weighted by molar-refractivity contribution is 0.103. The highest BCUT2D eigenvalue weighted by Gasteiger charge is 2.15. The van der Waals surface area contributed by atoms with Gasteiger partial charge in [0.1, 0.15) is 4.83 Å². The van der Waals surface area contributed by atoms with Crippen LogP contribution in [0.25, 0.3) is 10.2 Å². The summed E-state index contributed by atoms with van der Waals surface area (Å²) in [7, 11) is 1.86. The van der Waals surface area contributed by atoms with Crippen molar-refractivity contribution in [2.45, 2.75) is 6.92 Å². The van der Waals surface area contributed by atoms with Crippen LogP contribution in [-0.4, -0.2) is 15.7 Å². The lowest BCUT2D eigenvalue weighted by Crippen LogP contribution is -2.10. The Labute approximate surface area is 125 Å². The summed E-state index contributed by atoms with van der Waals surface area (Å²) in [4.78, 5) is 13.9. The van der Waals surface area contributed by atoms with Crippen LogP contribution in [0.5, 0.6) is 0 Å². The van der Waals surface area contributed by atoms with Gasteiger partial charge in [0, 0.05) is 18.1 Å². The second-order valence-electron chi connectivity index (χ2n) is 4.69. The van der Waals surface area contributed by atoms with Gasteiger partial charge in [-0.3, -0.25) is 9.48 Å². The fourth-order valence-electron chi connectivity index (χ4n) is 2.18. The van der Waals surface area contributed by atoms with Crippen LogP contribution in [0, 0.1) is 18.3 Å². The van der Waals surface area contributed by atoms with E-state index in [1.54, 1.807) is 28.9 Å². The summed E-state index contributed by atoms with van der Waals surface area (Å²) in [6.45, 7) is 1.92. The SMILES string of the molecule is Cc1nn(C)c2sc(C(=O)Nc3cccc(C#N)c3)cc12. The molecule has 104 valence electrons. The minimum absolute atomic E-state index is 0.175. The van der Waals surface area contributed by atoms with E-state index in [9.17, 15) is 4.79 Å². The van der Waals surface area contributed by atoms with Crippen LogP contribution in [0.4, 0.5) is 5.69 Å². The molecule has 3 rings (SSSR count). The van der Waals surface area contributed by atoms with E-state index in [0.29, 0.717) is 16.1 Å². The van der Waals surface area contributed by atoms with Crippen molar-refractivity contribution >= 4 is 33.1 Å². The average molecular weight is 296 g/mol. The monoisotopic (exact) mass is 296 g/mol. The highest BCUT2D eigenvalue weighted by molar-refractivity contribution is 7.20. The number of anilines is 1. The number of fused-ring (bicyclic) bond motifs is 1. The van der Waals surface area contributed by atoms with E-state index in [1.807, 2.05) is 20.0 Å². The van der Waals surface area contributed by atoms with Crippen molar-refractivity contribution in [1.29, 1.82) is 5.26 Å². The molecule has 1 aromatic carbocycles. The van der Waals surface area contributed by atoms with Crippen LogP contribution in [-0.2, 0) is 7.05 Å². The maximum Gasteiger partial charge on any atom is 0.265 e. The molecule has 1 N–H and O–H groups in total. The third-order valence-electron chi connectivity index (χ3n) is 3.17. The minimum atomic E-state index is -0.175. The Bertz CT molecular complexity index is 850. The number of aryl methyl sites for hydroxylation is 2. The first-order chi connectivity index (χ1) is 10.1. The second-order valence-corrected chi connectivity index (χ2v) is 5.72. The number of hydrogen-bond acceptors (Lipinski definition) is 4. The maximum absolute atomic E-state index is 12.3. The van der Waals surface area contributed by atoms with E-state index in [2.05, 4.69) is 16.5 Å². The standard InChI is InChI=1S/C15H12N4OS/c1-9-12-7-13(21-15(12)19(2)18-9)14(20)17-11-5-3-4-10(6-11)8-16/h3-7H,1-2H3,(H,17,20). The summed E-state index contributed by atoms with van der Waals surface area (Å²) in [5.74, 6) is -0.175. The predicted octanol–water partition coefficient (Wildman–Crippen LogP) is 3.07. The molecule has 3 aromatic rings. The molecule has 1 amide bonds. The summed E-state index contributed by atoms with van der Waals surface area (Å²) >= 11 is 1.41. The fourth-order valence-corrected chi connectivity index (χ4v) is 3.19. The quantitative estimate of drug-likeness (QED) is 0.790. The molecule has 2 heterocycles. The van der Waals surface area contributed by atoms with Gasteiger partial charge in [-0.05, 0) is 31.2 Å². The molecule has 5 nitrogen and oxygen atoms in total. The maximum atomic E-state index is 12.3. The van der Waals surface area contributed by atoms with Gasteiger partial charge < -0.3 is 5.32 Å². The molecule has 0 saturated heterocycles. The molecule has 0 bridgehead atoms. The van der Waals surface area contributed by atoms with Crippen LogP contribution in [0.15, 0.2) is 30.3 Å². The third-order valence-corrected chi connectivity index (χ3v) is 4.37.